The second-order valence-electron chi connectivity index (χ2n) is 4.50. The molecule has 0 aromatic carbocycles. The van der Waals surface area contributed by atoms with E-state index in [4.69, 9.17) is 4.52 Å². The Balaban J connectivity index is 1.72. The largest absolute Gasteiger partial charge is 0.445 e. The van der Waals surface area contributed by atoms with Crippen LogP contribution in [0.25, 0.3) is 0 Å². The summed E-state index contributed by atoms with van der Waals surface area (Å²) in [5, 5.41) is 9.85. The first-order valence-electron chi connectivity index (χ1n) is 5.89. The van der Waals surface area contributed by atoms with Gasteiger partial charge >= 0.3 is 6.18 Å². The number of alkyl halides is 3. The maximum Gasteiger partial charge on any atom is 0.445 e. The van der Waals surface area contributed by atoms with Crippen LogP contribution in [0.4, 0.5) is 18.3 Å². The molecule has 1 saturated heterocycles. The van der Waals surface area contributed by atoms with Crippen molar-refractivity contribution in [2.45, 2.75) is 25.4 Å². The van der Waals surface area contributed by atoms with Crippen molar-refractivity contribution in [3.05, 3.63) is 16.7 Å². The fourth-order valence-electron chi connectivity index (χ4n) is 2.07. The summed E-state index contributed by atoms with van der Waals surface area (Å²) in [7, 11) is 0. The van der Waals surface area contributed by atoms with Crippen LogP contribution in [0.5, 0.6) is 0 Å². The molecule has 0 bridgehead atoms. The highest BCUT2D eigenvalue weighted by Gasteiger charge is 2.37. The van der Waals surface area contributed by atoms with Crippen molar-refractivity contribution < 1.29 is 17.7 Å². The zero-order valence-corrected chi connectivity index (χ0v) is 11.2. The summed E-state index contributed by atoms with van der Waals surface area (Å²) in [5.41, 5.74) is 0. The fourth-order valence-corrected chi connectivity index (χ4v) is 2.82. The lowest BCUT2D eigenvalue weighted by molar-refractivity contribution is -0.138. The molecule has 6 nitrogen and oxygen atoms in total. The minimum absolute atomic E-state index is 0.0226. The molecule has 108 valence electrons. The van der Waals surface area contributed by atoms with Gasteiger partial charge in [0.05, 0.1) is 5.92 Å². The maximum absolute atomic E-state index is 12.5. The summed E-state index contributed by atoms with van der Waals surface area (Å²) < 4.78 is 42.6. The van der Waals surface area contributed by atoms with Crippen LogP contribution in [-0.2, 0) is 6.18 Å². The first-order valence-corrected chi connectivity index (χ1v) is 6.71. The Hall–Kier alpha value is -1.71. The molecule has 10 heteroatoms. The van der Waals surface area contributed by atoms with Crippen molar-refractivity contribution in [2.24, 2.45) is 0 Å². The molecule has 0 N–H and O–H groups in total. The summed E-state index contributed by atoms with van der Waals surface area (Å²) >= 11 is 0.552. The molecule has 1 atom stereocenters. The summed E-state index contributed by atoms with van der Waals surface area (Å²) in [6, 6.07) is 0. The number of anilines is 1. The Morgan fingerprint density at radius 1 is 1.35 bits per heavy atom. The van der Waals surface area contributed by atoms with Gasteiger partial charge in [-0.15, -0.1) is 10.2 Å². The van der Waals surface area contributed by atoms with Crippen LogP contribution in [0, 0.1) is 6.92 Å². The van der Waals surface area contributed by atoms with Crippen molar-refractivity contribution in [2.75, 3.05) is 18.0 Å². The highest BCUT2D eigenvalue weighted by molar-refractivity contribution is 7.15. The first-order chi connectivity index (χ1) is 9.43. The number of nitrogens with zero attached hydrogens (tertiary/aromatic N) is 5. The van der Waals surface area contributed by atoms with Crippen LogP contribution in [0.15, 0.2) is 4.52 Å². The van der Waals surface area contributed by atoms with Gasteiger partial charge in [-0.05, 0) is 13.3 Å². The van der Waals surface area contributed by atoms with Crippen molar-refractivity contribution in [1.82, 2.24) is 20.3 Å². The molecule has 0 spiro atoms. The van der Waals surface area contributed by atoms with E-state index >= 15 is 0 Å². The van der Waals surface area contributed by atoms with E-state index < -0.39 is 11.2 Å². The van der Waals surface area contributed by atoms with Crippen molar-refractivity contribution in [3.8, 4) is 0 Å². The van der Waals surface area contributed by atoms with Crippen LogP contribution in [0.1, 0.15) is 29.1 Å². The zero-order valence-electron chi connectivity index (χ0n) is 10.4. The highest BCUT2D eigenvalue weighted by atomic mass is 32.1. The Morgan fingerprint density at radius 2 is 2.15 bits per heavy atom. The van der Waals surface area contributed by atoms with Gasteiger partial charge in [0.15, 0.2) is 5.82 Å². The molecule has 3 rings (SSSR count). The number of halogens is 3. The lowest BCUT2D eigenvalue weighted by atomic mass is 10.1. The molecule has 1 fully saturated rings. The van der Waals surface area contributed by atoms with E-state index in [0.29, 0.717) is 36.1 Å². The van der Waals surface area contributed by atoms with Crippen LogP contribution < -0.4 is 4.90 Å². The van der Waals surface area contributed by atoms with Gasteiger partial charge in [-0.2, -0.15) is 18.2 Å². The molecular weight excluding hydrogens is 295 g/mol. The Labute approximate surface area is 115 Å². The lowest BCUT2D eigenvalue weighted by Crippen LogP contribution is -2.19. The SMILES string of the molecule is Cc1noc(C2CCN(c3nnc(C(F)(F)F)s3)C2)n1. The molecule has 0 aliphatic carbocycles. The van der Waals surface area contributed by atoms with E-state index in [1.54, 1.807) is 11.8 Å². The molecule has 1 aliphatic rings. The Kier molecular flexibility index (Phi) is 3.11. The van der Waals surface area contributed by atoms with Gasteiger partial charge in [-0.3, -0.25) is 0 Å². The third-order valence-electron chi connectivity index (χ3n) is 3.01. The van der Waals surface area contributed by atoms with E-state index in [1.807, 2.05) is 0 Å². The van der Waals surface area contributed by atoms with Crippen LogP contribution in [0.2, 0.25) is 0 Å². The topological polar surface area (TPSA) is 67.9 Å². The minimum Gasteiger partial charge on any atom is -0.346 e. The summed E-state index contributed by atoms with van der Waals surface area (Å²) in [6.07, 6.45) is -3.71. The Morgan fingerprint density at radius 3 is 2.75 bits per heavy atom. The second kappa shape index (κ2) is 4.69. The van der Waals surface area contributed by atoms with E-state index in [0.717, 1.165) is 6.42 Å². The van der Waals surface area contributed by atoms with Gasteiger partial charge in [0, 0.05) is 13.1 Å². The maximum atomic E-state index is 12.5. The first kappa shape index (κ1) is 13.3. The van der Waals surface area contributed by atoms with Gasteiger partial charge in [0.2, 0.25) is 16.0 Å². The van der Waals surface area contributed by atoms with Crippen molar-refractivity contribution >= 4 is 16.5 Å². The number of hydrogen-bond donors (Lipinski definition) is 0. The van der Waals surface area contributed by atoms with Gasteiger partial charge in [0.1, 0.15) is 0 Å². The molecule has 2 aromatic heterocycles. The van der Waals surface area contributed by atoms with Crippen molar-refractivity contribution in [3.63, 3.8) is 0 Å². The molecular formula is C10H10F3N5OS. The van der Waals surface area contributed by atoms with E-state index in [2.05, 4.69) is 20.3 Å². The molecule has 2 aromatic rings. The van der Waals surface area contributed by atoms with Gasteiger partial charge in [0.25, 0.3) is 0 Å². The van der Waals surface area contributed by atoms with Gasteiger partial charge in [-0.25, -0.2) is 0 Å². The lowest BCUT2D eigenvalue weighted by Gasteiger charge is -2.12. The predicted octanol–water partition coefficient (Wildman–Crippen LogP) is 2.24. The zero-order chi connectivity index (χ0) is 14.3. The third kappa shape index (κ3) is 2.47. The fraction of sp³-hybridized carbons (Fsp3) is 0.600. The molecule has 20 heavy (non-hydrogen) atoms. The quantitative estimate of drug-likeness (QED) is 0.847. The van der Waals surface area contributed by atoms with Gasteiger partial charge in [-0.1, -0.05) is 16.5 Å². The summed E-state index contributed by atoms with van der Waals surface area (Å²) in [5.74, 6) is 1.09. The molecule has 1 aliphatic heterocycles. The summed E-state index contributed by atoms with van der Waals surface area (Å²) in [4.78, 5) is 5.91. The number of aromatic nitrogens is 4. The number of aryl methyl sites for hydroxylation is 1. The average Bonchev–Trinajstić information content (AvgIpc) is 3.06. The smallest absolute Gasteiger partial charge is 0.346 e. The van der Waals surface area contributed by atoms with Gasteiger partial charge < -0.3 is 9.42 Å². The normalized spacial score (nSPS) is 19.8. The van der Waals surface area contributed by atoms with E-state index in [-0.39, 0.29) is 11.0 Å². The average molecular weight is 305 g/mol. The van der Waals surface area contributed by atoms with Crippen LogP contribution in [-0.4, -0.2) is 33.4 Å². The molecule has 0 saturated carbocycles. The second-order valence-corrected chi connectivity index (χ2v) is 5.45. The standard InChI is InChI=1S/C10H10F3N5OS/c1-5-14-7(19-17-5)6-2-3-18(4-6)9-16-15-8(20-9)10(11,12)13/h6H,2-4H2,1H3. The van der Waals surface area contributed by atoms with Crippen molar-refractivity contribution in [1.29, 1.82) is 0 Å². The van der Waals surface area contributed by atoms with E-state index in [1.165, 1.54) is 0 Å². The summed E-state index contributed by atoms with van der Waals surface area (Å²) in [6.45, 7) is 2.83. The molecule has 0 radical (unpaired) electrons. The minimum atomic E-state index is -4.45. The molecule has 0 amide bonds. The monoisotopic (exact) mass is 305 g/mol. The molecule has 3 heterocycles. The van der Waals surface area contributed by atoms with E-state index in [9.17, 15) is 13.2 Å². The number of rotatable bonds is 2. The predicted molar refractivity (Wildman–Crippen MR) is 63.5 cm³/mol. The number of hydrogen-bond acceptors (Lipinski definition) is 7. The molecule has 1 unspecified atom stereocenters. The van der Waals surface area contributed by atoms with Crippen LogP contribution in [0.3, 0.4) is 0 Å². The Bertz CT molecular complexity index is 610. The third-order valence-corrected chi connectivity index (χ3v) is 4.04. The van der Waals surface area contributed by atoms with Crippen LogP contribution >= 0.6 is 11.3 Å². The highest BCUT2D eigenvalue weighted by Crippen LogP contribution is 2.37.